The van der Waals surface area contributed by atoms with Crippen LogP contribution in [0.1, 0.15) is 18.4 Å². The third kappa shape index (κ3) is 3.39. The molecular formula is C11H14BrFO. The van der Waals surface area contributed by atoms with Gasteiger partial charge in [0.25, 0.3) is 0 Å². The third-order valence-corrected chi connectivity index (χ3v) is 2.81. The highest BCUT2D eigenvalue weighted by atomic mass is 79.9. The maximum absolute atomic E-state index is 12.9. The predicted octanol–water partition coefficient (Wildman–Crippen LogP) is 3.34. The van der Waals surface area contributed by atoms with Gasteiger partial charge in [-0.2, -0.15) is 0 Å². The molecule has 0 radical (unpaired) electrons. The zero-order valence-corrected chi connectivity index (χ0v) is 9.76. The molecule has 0 heterocycles. The van der Waals surface area contributed by atoms with Crippen LogP contribution in [0, 0.1) is 5.82 Å². The second-order valence-electron chi connectivity index (χ2n) is 3.07. The number of hydrogen-bond donors (Lipinski definition) is 0. The zero-order valence-electron chi connectivity index (χ0n) is 8.17. The Hall–Kier alpha value is -0.410. The van der Waals surface area contributed by atoms with Crippen molar-refractivity contribution in [3.8, 4) is 0 Å². The van der Waals surface area contributed by atoms with E-state index in [4.69, 9.17) is 4.74 Å². The van der Waals surface area contributed by atoms with Crippen LogP contribution in [0.3, 0.4) is 0 Å². The minimum Gasteiger partial charge on any atom is -0.381 e. The average molecular weight is 261 g/mol. The van der Waals surface area contributed by atoms with E-state index in [-0.39, 0.29) is 11.7 Å². The van der Waals surface area contributed by atoms with Crippen LogP contribution in [0.25, 0.3) is 0 Å². The van der Waals surface area contributed by atoms with Crippen LogP contribution >= 0.6 is 15.9 Å². The molecule has 1 nitrogen and oxygen atoms in total. The lowest BCUT2D eigenvalue weighted by Gasteiger charge is -2.14. The fourth-order valence-corrected chi connectivity index (χ4v) is 1.81. The smallest absolute Gasteiger partial charge is 0.123 e. The summed E-state index contributed by atoms with van der Waals surface area (Å²) in [5.74, 6) is 0.0376. The van der Waals surface area contributed by atoms with E-state index in [1.807, 2.05) is 13.0 Å². The molecule has 1 rings (SSSR count). The van der Waals surface area contributed by atoms with E-state index in [0.29, 0.717) is 13.2 Å². The molecule has 1 aromatic rings. The van der Waals surface area contributed by atoms with Crippen LogP contribution in [0.5, 0.6) is 0 Å². The van der Waals surface area contributed by atoms with Gasteiger partial charge in [0.1, 0.15) is 5.82 Å². The monoisotopic (exact) mass is 260 g/mol. The Balaban J connectivity index is 2.68. The Morgan fingerprint density at radius 1 is 1.50 bits per heavy atom. The molecule has 0 spiro atoms. The van der Waals surface area contributed by atoms with Crippen molar-refractivity contribution in [3.63, 3.8) is 0 Å². The quantitative estimate of drug-likeness (QED) is 0.738. The second-order valence-corrected chi connectivity index (χ2v) is 3.71. The van der Waals surface area contributed by atoms with Crippen LogP contribution < -0.4 is 0 Å². The second kappa shape index (κ2) is 6.14. The highest BCUT2D eigenvalue weighted by Crippen LogP contribution is 2.19. The molecule has 14 heavy (non-hydrogen) atoms. The molecule has 78 valence electrons. The van der Waals surface area contributed by atoms with E-state index in [0.717, 1.165) is 10.9 Å². The van der Waals surface area contributed by atoms with Gasteiger partial charge in [0.2, 0.25) is 0 Å². The van der Waals surface area contributed by atoms with Crippen molar-refractivity contribution >= 4 is 15.9 Å². The predicted molar refractivity (Wildman–Crippen MR) is 59.4 cm³/mol. The third-order valence-electron chi connectivity index (χ3n) is 2.03. The summed E-state index contributed by atoms with van der Waals surface area (Å²) < 4.78 is 18.3. The van der Waals surface area contributed by atoms with Crippen LogP contribution in [-0.4, -0.2) is 18.5 Å². The summed E-state index contributed by atoms with van der Waals surface area (Å²) in [6.07, 6.45) is 0. The summed E-state index contributed by atoms with van der Waals surface area (Å²) in [4.78, 5) is 0. The molecule has 0 saturated heterocycles. The van der Waals surface area contributed by atoms with E-state index < -0.39 is 0 Å². The lowest BCUT2D eigenvalue weighted by molar-refractivity contribution is 0.137. The van der Waals surface area contributed by atoms with Crippen molar-refractivity contribution in [3.05, 3.63) is 35.6 Å². The first-order chi connectivity index (χ1) is 6.77. The Kier molecular flexibility index (Phi) is 5.12. The zero-order chi connectivity index (χ0) is 10.4. The van der Waals surface area contributed by atoms with Crippen molar-refractivity contribution in [1.29, 1.82) is 0 Å². The van der Waals surface area contributed by atoms with Gasteiger partial charge in [0, 0.05) is 17.9 Å². The molecule has 1 unspecified atom stereocenters. The summed E-state index contributed by atoms with van der Waals surface area (Å²) in [7, 11) is 0. The van der Waals surface area contributed by atoms with Gasteiger partial charge in [-0.3, -0.25) is 0 Å². The van der Waals surface area contributed by atoms with Gasteiger partial charge < -0.3 is 4.74 Å². The molecule has 0 N–H and O–H groups in total. The van der Waals surface area contributed by atoms with Crippen LogP contribution in [0.4, 0.5) is 4.39 Å². The fraction of sp³-hybridized carbons (Fsp3) is 0.455. The van der Waals surface area contributed by atoms with Gasteiger partial charge >= 0.3 is 0 Å². The van der Waals surface area contributed by atoms with Gasteiger partial charge in [-0.1, -0.05) is 28.1 Å². The van der Waals surface area contributed by atoms with Crippen molar-refractivity contribution < 1.29 is 9.13 Å². The summed E-state index contributed by atoms with van der Waals surface area (Å²) >= 11 is 3.40. The van der Waals surface area contributed by atoms with Crippen molar-refractivity contribution in [2.24, 2.45) is 0 Å². The van der Waals surface area contributed by atoms with Crippen LogP contribution in [-0.2, 0) is 4.74 Å². The molecule has 1 aromatic carbocycles. The summed E-state index contributed by atoms with van der Waals surface area (Å²) in [6.45, 7) is 3.28. The summed E-state index contributed by atoms with van der Waals surface area (Å²) in [5, 5.41) is 0.788. The number of hydrogen-bond acceptors (Lipinski definition) is 1. The first kappa shape index (κ1) is 11.7. The van der Waals surface area contributed by atoms with Gasteiger partial charge in [0.05, 0.1) is 6.61 Å². The number of ether oxygens (including phenoxy) is 1. The molecule has 0 aliphatic heterocycles. The molecule has 0 bridgehead atoms. The Morgan fingerprint density at radius 2 is 2.29 bits per heavy atom. The van der Waals surface area contributed by atoms with Gasteiger partial charge in [-0.25, -0.2) is 4.39 Å². The molecule has 3 heteroatoms. The van der Waals surface area contributed by atoms with Gasteiger partial charge in [-0.15, -0.1) is 0 Å². The van der Waals surface area contributed by atoms with Crippen molar-refractivity contribution in [2.75, 3.05) is 18.5 Å². The normalized spacial score (nSPS) is 12.8. The van der Waals surface area contributed by atoms with E-state index in [1.54, 1.807) is 12.1 Å². The molecule has 1 atom stereocenters. The molecule has 0 aliphatic rings. The van der Waals surface area contributed by atoms with E-state index in [1.165, 1.54) is 6.07 Å². The minimum atomic E-state index is -0.190. The first-order valence-corrected chi connectivity index (χ1v) is 5.79. The summed E-state index contributed by atoms with van der Waals surface area (Å²) in [5.41, 5.74) is 0.982. The largest absolute Gasteiger partial charge is 0.381 e. The van der Waals surface area contributed by atoms with Crippen LogP contribution in [0.15, 0.2) is 24.3 Å². The standard InChI is InChI=1S/C11H14BrFO/c1-2-14-8-10(7-12)9-4-3-5-11(13)6-9/h3-6,10H,2,7-8H2,1H3. The maximum Gasteiger partial charge on any atom is 0.123 e. The Morgan fingerprint density at radius 3 is 2.86 bits per heavy atom. The van der Waals surface area contributed by atoms with Gasteiger partial charge in [-0.05, 0) is 24.6 Å². The number of halogens is 2. The highest BCUT2D eigenvalue weighted by Gasteiger charge is 2.10. The topological polar surface area (TPSA) is 9.23 Å². The molecule has 0 aliphatic carbocycles. The number of alkyl halides is 1. The summed E-state index contributed by atoms with van der Waals surface area (Å²) in [6, 6.07) is 6.67. The van der Waals surface area contributed by atoms with Gasteiger partial charge in [0.15, 0.2) is 0 Å². The van der Waals surface area contributed by atoms with Crippen LogP contribution in [0.2, 0.25) is 0 Å². The number of rotatable bonds is 5. The number of benzene rings is 1. The fourth-order valence-electron chi connectivity index (χ4n) is 1.25. The Bertz CT molecular complexity index is 278. The lowest BCUT2D eigenvalue weighted by Crippen LogP contribution is -2.09. The SMILES string of the molecule is CCOCC(CBr)c1cccc(F)c1. The van der Waals surface area contributed by atoms with Crippen molar-refractivity contribution in [2.45, 2.75) is 12.8 Å². The molecule has 0 aromatic heterocycles. The minimum absolute atomic E-state index is 0.190. The Labute approximate surface area is 92.4 Å². The molecule has 0 fully saturated rings. The van der Waals surface area contributed by atoms with E-state index >= 15 is 0 Å². The maximum atomic E-state index is 12.9. The first-order valence-electron chi connectivity index (χ1n) is 4.67. The molecule has 0 amide bonds. The highest BCUT2D eigenvalue weighted by molar-refractivity contribution is 9.09. The lowest BCUT2D eigenvalue weighted by atomic mass is 10.0. The van der Waals surface area contributed by atoms with Crippen molar-refractivity contribution in [1.82, 2.24) is 0 Å². The van der Waals surface area contributed by atoms with E-state index in [9.17, 15) is 4.39 Å². The van der Waals surface area contributed by atoms with E-state index in [2.05, 4.69) is 15.9 Å². The molecule has 0 saturated carbocycles. The average Bonchev–Trinajstić information content (AvgIpc) is 2.19. The molecular weight excluding hydrogens is 247 g/mol.